The number of fused-ring (bicyclic) bond motifs is 6. The number of rotatable bonds is 5. The van der Waals surface area contributed by atoms with Crippen molar-refractivity contribution in [3.8, 4) is 22.5 Å². The number of aromatic amines is 1. The van der Waals surface area contributed by atoms with Crippen molar-refractivity contribution in [2.24, 2.45) is 0 Å². The highest BCUT2D eigenvalue weighted by atomic mass is 32.2. The van der Waals surface area contributed by atoms with Crippen LogP contribution in [0, 0.1) is 0 Å². The zero-order valence-corrected chi connectivity index (χ0v) is 24.0. The molecule has 2 aliphatic carbocycles. The Balaban J connectivity index is 1.44. The highest BCUT2D eigenvalue weighted by molar-refractivity contribution is 7.98. The molecule has 7 heteroatoms. The Kier molecular flexibility index (Phi) is 6.18. The molecule has 1 N–H and O–H groups in total. The van der Waals surface area contributed by atoms with Gasteiger partial charge in [-0.05, 0) is 37.3 Å². The van der Waals surface area contributed by atoms with Crippen LogP contribution in [0.4, 0.5) is 0 Å². The van der Waals surface area contributed by atoms with Gasteiger partial charge < -0.3 is 4.98 Å². The predicted octanol–water partition coefficient (Wildman–Crippen LogP) is 6.03. The molecular weight excluding hydrogens is 504 g/mol. The van der Waals surface area contributed by atoms with E-state index in [1.54, 1.807) is 4.57 Å². The van der Waals surface area contributed by atoms with Crippen LogP contribution in [-0.2, 0) is 36.0 Å². The van der Waals surface area contributed by atoms with Gasteiger partial charge in [0.2, 0.25) is 0 Å². The molecule has 6 rings (SSSR count). The minimum atomic E-state index is -0.308. The first kappa shape index (κ1) is 25.8. The predicted molar refractivity (Wildman–Crippen MR) is 158 cm³/mol. The van der Waals surface area contributed by atoms with Crippen LogP contribution in [0.15, 0.2) is 63.3 Å². The van der Waals surface area contributed by atoms with Gasteiger partial charge in [0.15, 0.2) is 5.16 Å². The van der Waals surface area contributed by atoms with Gasteiger partial charge >= 0.3 is 0 Å². The molecule has 0 bridgehead atoms. The van der Waals surface area contributed by atoms with E-state index < -0.39 is 0 Å². The Morgan fingerprint density at radius 1 is 0.872 bits per heavy atom. The third-order valence-electron chi connectivity index (χ3n) is 8.58. The van der Waals surface area contributed by atoms with E-state index in [4.69, 9.17) is 9.97 Å². The van der Waals surface area contributed by atoms with E-state index in [0.717, 1.165) is 52.9 Å². The fourth-order valence-corrected chi connectivity index (χ4v) is 7.32. The maximum atomic E-state index is 14.0. The smallest absolute Gasteiger partial charge is 0.258 e. The van der Waals surface area contributed by atoms with E-state index in [1.807, 2.05) is 25.1 Å². The van der Waals surface area contributed by atoms with Gasteiger partial charge in [0.1, 0.15) is 5.82 Å². The summed E-state index contributed by atoms with van der Waals surface area (Å²) in [6, 6.07) is 16.5. The van der Waals surface area contributed by atoms with Crippen LogP contribution in [0.5, 0.6) is 0 Å². The van der Waals surface area contributed by atoms with E-state index in [1.165, 1.54) is 22.9 Å². The molecule has 0 fully saturated rings. The summed E-state index contributed by atoms with van der Waals surface area (Å²) in [6.07, 6.45) is 2.49. The highest BCUT2D eigenvalue weighted by Gasteiger charge is 2.38. The van der Waals surface area contributed by atoms with Crippen LogP contribution in [0.25, 0.3) is 22.5 Å². The summed E-state index contributed by atoms with van der Waals surface area (Å²) in [5, 5.41) is 0.650. The summed E-state index contributed by atoms with van der Waals surface area (Å²) < 4.78 is 1.78. The molecule has 39 heavy (non-hydrogen) atoms. The molecule has 2 aromatic carbocycles. The van der Waals surface area contributed by atoms with Crippen molar-refractivity contribution < 1.29 is 0 Å². The summed E-state index contributed by atoms with van der Waals surface area (Å²) >= 11 is 1.45. The monoisotopic (exact) mass is 538 g/mol. The van der Waals surface area contributed by atoms with E-state index in [9.17, 15) is 9.59 Å². The van der Waals surface area contributed by atoms with E-state index in [-0.39, 0.29) is 21.9 Å². The fourth-order valence-electron chi connectivity index (χ4n) is 6.39. The quantitative estimate of drug-likeness (QED) is 0.248. The van der Waals surface area contributed by atoms with Crippen molar-refractivity contribution in [1.29, 1.82) is 0 Å². The van der Waals surface area contributed by atoms with Crippen LogP contribution in [0.2, 0.25) is 0 Å². The lowest BCUT2D eigenvalue weighted by atomic mass is 9.69. The van der Waals surface area contributed by atoms with Crippen molar-refractivity contribution in [2.75, 3.05) is 0 Å². The van der Waals surface area contributed by atoms with Crippen molar-refractivity contribution >= 4 is 11.8 Å². The number of nitrogens with zero attached hydrogens (tertiary/aromatic N) is 3. The molecule has 2 heterocycles. The van der Waals surface area contributed by atoms with Gasteiger partial charge in [-0.1, -0.05) is 88.0 Å². The van der Waals surface area contributed by atoms with Crippen LogP contribution >= 0.6 is 11.8 Å². The van der Waals surface area contributed by atoms with Crippen LogP contribution in [-0.4, -0.2) is 19.5 Å². The van der Waals surface area contributed by atoms with Gasteiger partial charge in [0, 0.05) is 34.1 Å². The number of H-pyrrole nitrogens is 1. The first-order valence-electron chi connectivity index (χ1n) is 13.7. The van der Waals surface area contributed by atoms with E-state index >= 15 is 0 Å². The van der Waals surface area contributed by atoms with Crippen molar-refractivity contribution in [2.45, 2.75) is 82.2 Å². The Bertz CT molecular complexity index is 1740. The van der Waals surface area contributed by atoms with Gasteiger partial charge in [0.25, 0.3) is 11.1 Å². The van der Waals surface area contributed by atoms with Gasteiger partial charge in [0.05, 0.1) is 22.7 Å². The Morgan fingerprint density at radius 3 is 2.13 bits per heavy atom. The third-order valence-corrected chi connectivity index (χ3v) is 9.56. The second-order valence-electron chi connectivity index (χ2n) is 11.7. The summed E-state index contributed by atoms with van der Waals surface area (Å²) in [5.41, 5.74) is 6.99. The second-order valence-corrected chi connectivity index (χ2v) is 12.6. The van der Waals surface area contributed by atoms with Gasteiger partial charge in [-0.3, -0.25) is 14.2 Å². The zero-order valence-electron chi connectivity index (χ0n) is 23.2. The Hall–Kier alpha value is -3.45. The Labute approximate surface area is 233 Å². The lowest BCUT2D eigenvalue weighted by molar-refractivity contribution is 0.429. The summed E-state index contributed by atoms with van der Waals surface area (Å²) in [7, 11) is 0. The summed E-state index contributed by atoms with van der Waals surface area (Å²) in [6.45, 7) is 11.0. The number of nitrogens with one attached hydrogen (secondary N) is 1. The first-order valence-corrected chi connectivity index (χ1v) is 14.7. The lowest BCUT2D eigenvalue weighted by Gasteiger charge is -2.35. The molecule has 1 atom stereocenters. The average molecular weight is 539 g/mol. The van der Waals surface area contributed by atoms with Crippen LogP contribution < -0.4 is 11.1 Å². The molecule has 0 amide bonds. The number of aromatic nitrogens is 4. The average Bonchev–Trinajstić information content (AvgIpc) is 2.91. The van der Waals surface area contributed by atoms with E-state index in [0.29, 0.717) is 23.3 Å². The fraction of sp³-hybridized carbons (Fsp3) is 0.375. The number of benzene rings is 2. The molecular formula is C32H34N4O2S. The topological polar surface area (TPSA) is 80.6 Å². The highest BCUT2D eigenvalue weighted by Crippen LogP contribution is 2.43. The number of thioether (sulfide) groups is 1. The maximum absolute atomic E-state index is 14.0. The van der Waals surface area contributed by atoms with Crippen molar-refractivity contribution in [1.82, 2.24) is 19.5 Å². The molecule has 0 spiro atoms. The SMILES string of the molecule is CCn1c(SCc2nc3c(c(=O)[nH]2)C(C)(C)Cc2ccccc2-3)nc2c(c1=O)C(C)(CC)Cc1ccccc1-2. The summed E-state index contributed by atoms with van der Waals surface area (Å²) in [5.74, 6) is 0.993. The molecule has 4 aromatic rings. The molecule has 0 radical (unpaired) electrons. The molecule has 200 valence electrons. The second kappa shape index (κ2) is 9.33. The molecule has 2 aliphatic rings. The first-order chi connectivity index (χ1) is 18.7. The maximum Gasteiger partial charge on any atom is 0.258 e. The molecule has 0 saturated heterocycles. The van der Waals surface area contributed by atoms with Crippen molar-refractivity contribution in [3.63, 3.8) is 0 Å². The van der Waals surface area contributed by atoms with Crippen LogP contribution in [0.1, 0.15) is 69.1 Å². The lowest BCUT2D eigenvalue weighted by Crippen LogP contribution is -2.39. The van der Waals surface area contributed by atoms with Crippen molar-refractivity contribution in [3.05, 3.63) is 97.3 Å². The zero-order chi connectivity index (χ0) is 27.5. The molecule has 2 aromatic heterocycles. The Morgan fingerprint density at radius 2 is 1.49 bits per heavy atom. The standard InChI is InChI=1S/C32H34N4O2S/c1-6-32(5)17-20-13-9-11-15-22(20)27-25(32)29(38)36(7-2)30(35-27)39-18-23-33-26-21-14-10-8-12-19(21)16-31(3,4)24(26)28(37)34-23/h8-15H,6-7,16-18H2,1-5H3,(H,33,34,37). The van der Waals surface area contributed by atoms with Gasteiger partial charge in [-0.2, -0.15) is 0 Å². The minimum Gasteiger partial charge on any atom is -0.310 e. The molecule has 6 nitrogen and oxygen atoms in total. The molecule has 0 saturated carbocycles. The summed E-state index contributed by atoms with van der Waals surface area (Å²) in [4.78, 5) is 40.4. The normalized spacial score (nSPS) is 18.6. The third kappa shape index (κ3) is 4.09. The number of hydrogen-bond donors (Lipinski definition) is 1. The van der Waals surface area contributed by atoms with E-state index in [2.05, 4.69) is 63.0 Å². The van der Waals surface area contributed by atoms with Gasteiger partial charge in [-0.15, -0.1) is 0 Å². The molecule has 1 unspecified atom stereocenters. The number of hydrogen-bond acceptors (Lipinski definition) is 5. The largest absolute Gasteiger partial charge is 0.310 e. The minimum absolute atomic E-state index is 0.0337. The molecule has 0 aliphatic heterocycles. The van der Waals surface area contributed by atoms with Gasteiger partial charge in [-0.25, -0.2) is 9.97 Å². The van der Waals surface area contributed by atoms with Crippen LogP contribution in [0.3, 0.4) is 0 Å².